The molecule has 1 aromatic carbocycles. The first kappa shape index (κ1) is 17.7. The van der Waals surface area contributed by atoms with Crippen LogP contribution in [0.15, 0.2) is 47.6 Å². The lowest BCUT2D eigenvalue weighted by Gasteiger charge is -2.34. The Kier molecular flexibility index (Phi) is 4.48. The summed E-state index contributed by atoms with van der Waals surface area (Å²) in [7, 11) is -3.77. The maximum Gasteiger partial charge on any atom is 0.243 e. The Labute approximate surface area is 156 Å². The Hall–Kier alpha value is -2.65. The normalized spacial score (nSPS) is 18.6. The number of nitrogens with zero attached hydrogens (tertiary/aromatic N) is 4. The highest BCUT2D eigenvalue weighted by molar-refractivity contribution is 7.89. The summed E-state index contributed by atoms with van der Waals surface area (Å²) >= 11 is 0. The van der Waals surface area contributed by atoms with Gasteiger partial charge in [-0.1, -0.05) is 6.42 Å². The maximum absolute atomic E-state index is 13.2. The highest BCUT2D eigenvalue weighted by atomic mass is 32.2. The number of hydrogen-bond acceptors (Lipinski definition) is 6. The first-order chi connectivity index (χ1) is 13.0. The van der Waals surface area contributed by atoms with Crippen LogP contribution in [-0.4, -0.2) is 34.2 Å². The summed E-state index contributed by atoms with van der Waals surface area (Å²) in [5.41, 5.74) is 6.89. The lowest BCUT2D eigenvalue weighted by atomic mass is 10.0. The predicted molar refractivity (Wildman–Crippen MR) is 98.6 cm³/mol. The molecule has 1 atom stereocenters. The molecule has 1 fully saturated rings. The molecule has 4 rings (SSSR count). The molecule has 3 aromatic rings. The molecular formula is C18H18FN5O2S. The van der Waals surface area contributed by atoms with Gasteiger partial charge < -0.3 is 5.73 Å². The SMILES string of the molecule is Nc1ncnc2nc(C3CCCCN3S(=O)(=O)c3ccc(F)cc3)ccc12. The zero-order chi connectivity index (χ0) is 19.0. The number of aromatic nitrogens is 3. The van der Waals surface area contributed by atoms with E-state index in [-0.39, 0.29) is 4.90 Å². The maximum atomic E-state index is 13.2. The molecule has 1 unspecified atom stereocenters. The summed E-state index contributed by atoms with van der Waals surface area (Å²) in [5, 5.41) is 0.630. The van der Waals surface area contributed by atoms with Gasteiger partial charge in [-0.3, -0.25) is 0 Å². The number of hydrogen-bond donors (Lipinski definition) is 1. The van der Waals surface area contributed by atoms with E-state index in [2.05, 4.69) is 15.0 Å². The molecule has 1 aliphatic rings. The molecule has 9 heteroatoms. The van der Waals surface area contributed by atoms with Crippen LogP contribution in [0, 0.1) is 5.82 Å². The number of benzene rings is 1. The van der Waals surface area contributed by atoms with Crippen molar-refractivity contribution < 1.29 is 12.8 Å². The Balaban J connectivity index is 1.75. The molecule has 0 bridgehead atoms. The van der Waals surface area contributed by atoms with E-state index in [1.54, 1.807) is 12.1 Å². The van der Waals surface area contributed by atoms with Crippen molar-refractivity contribution in [2.75, 3.05) is 12.3 Å². The molecule has 0 amide bonds. The van der Waals surface area contributed by atoms with Crippen molar-refractivity contribution in [3.8, 4) is 0 Å². The van der Waals surface area contributed by atoms with E-state index in [1.807, 2.05) is 0 Å². The van der Waals surface area contributed by atoms with Gasteiger partial charge in [0.25, 0.3) is 0 Å². The van der Waals surface area contributed by atoms with E-state index in [0.29, 0.717) is 35.5 Å². The van der Waals surface area contributed by atoms with Crippen LogP contribution in [0.3, 0.4) is 0 Å². The van der Waals surface area contributed by atoms with Crippen molar-refractivity contribution in [2.24, 2.45) is 0 Å². The van der Waals surface area contributed by atoms with Crippen LogP contribution in [0.4, 0.5) is 10.2 Å². The van der Waals surface area contributed by atoms with Crippen molar-refractivity contribution >= 4 is 26.9 Å². The van der Waals surface area contributed by atoms with Crippen LogP contribution in [-0.2, 0) is 10.0 Å². The first-order valence-electron chi connectivity index (χ1n) is 8.61. The Morgan fingerprint density at radius 2 is 1.85 bits per heavy atom. The number of fused-ring (bicyclic) bond motifs is 1. The molecule has 1 saturated heterocycles. The number of anilines is 1. The van der Waals surface area contributed by atoms with Gasteiger partial charge in [0.1, 0.15) is 18.0 Å². The van der Waals surface area contributed by atoms with E-state index in [0.717, 1.165) is 25.0 Å². The number of pyridine rings is 1. The largest absolute Gasteiger partial charge is 0.383 e. The average molecular weight is 387 g/mol. The minimum Gasteiger partial charge on any atom is -0.383 e. The number of nitrogen functional groups attached to an aromatic ring is 1. The minimum absolute atomic E-state index is 0.0724. The zero-order valence-corrected chi connectivity index (χ0v) is 15.2. The van der Waals surface area contributed by atoms with Gasteiger partial charge in [-0.05, 0) is 49.2 Å². The molecule has 3 heterocycles. The fourth-order valence-electron chi connectivity index (χ4n) is 3.39. The first-order valence-corrected chi connectivity index (χ1v) is 10.1. The van der Waals surface area contributed by atoms with Crippen LogP contribution in [0.1, 0.15) is 31.0 Å². The molecule has 27 heavy (non-hydrogen) atoms. The minimum atomic E-state index is -3.77. The molecular weight excluding hydrogens is 369 g/mol. The van der Waals surface area contributed by atoms with E-state index >= 15 is 0 Å². The number of piperidine rings is 1. The summed E-state index contributed by atoms with van der Waals surface area (Å²) < 4.78 is 40.9. The molecule has 0 saturated carbocycles. The van der Waals surface area contributed by atoms with Crippen molar-refractivity contribution in [2.45, 2.75) is 30.2 Å². The van der Waals surface area contributed by atoms with Crippen LogP contribution in [0.2, 0.25) is 0 Å². The third-order valence-corrected chi connectivity index (χ3v) is 6.69. The summed E-state index contributed by atoms with van der Waals surface area (Å²) in [6, 6.07) is 8.01. The average Bonchev–Trinajstić information content (AvgIpc) is 2.68. The molecule has 2 aromatic heterocycles. The lowest BCUT2D eigenvalue weighted by Crippen LogP contribution is -2.38. The lowest BCUT2D eigenvalue weighted by molar-refractivity contribution is 0.252. The molecule has 140 valence electrons. The van der Waals surface area contributed by atoms with Gasteiger partial charge in [0, 0.05) is 6.54 Å². The van der Waals surface area contributed by atoms with E-state index in [1.165, 1.54) is 22.8 Å². The highest BCUT2D eigenvalue weighted by Crippen LogP contribution is 2.35. The summed E-state index contributed by atoms with van der Waals surface area (Å²) in [6.07, 6.45) is 3.65. The van der Waals surface area contributed by atoms with Gasteiger partial charge in [0.15, 0.2) is 5.65 Å². The van der Waals surface area contributed by atoms with Crippen LogP contribution in [0.25, 0.3) is 11.0 Å². The molecule has 0 aliphatic carbocycles. The molecule has 0 radical (unpaired) electrons. The van der Waals surface area contributed by atoms with Gasteiger partial charge in [0.2, 0.25) is 10.0 Å². The smallest absolute Gasteiger partial charge is 0.243 e. The van der Waals surface area contributed by atoms with Gasteiger partial charge >= 0.3 is 0 Å². The van der Waals surface area contributed by atoms with E-state index < -0.39 is 21.9 Å². The number of sulfonamides is 1. The molecule has 1 aliphatic heterocycles. The summed E-state index contributed by atoms with van der Waals surface area (Å²) in [5.74, 6) is -0.143. The second-order valence-electron chi connectivity index (χ2n) is 6.45. The van der Waals surface area contributed by atoms with Gasteiger partial charge in [-0.15, -0.1) is 0 Å². The van der Waals surface area contributed by atoms with E-state index in [4.69, 9.17) is 5.73 Å². The molecule has 0 spiro atoms. The van der Waals surface area contributed by atoms with Gasteiger partial charge in [-0.2, -0.15) is 4.31 Å². The molecule has 2 N–H and O–H groups in total. The van der Waals surface area contributed by atoms with Gasteiger partial charge in [0.05, 0.1) is 22.0 Å². The quantitative estimate of drug-likeness (QED) is 0.741. The number of rotatable bonds is 3. The van der Waals surface area contributed by atoms with Crippen molar-refractivity contribution in [1.29, 1.82) is 0 Å². The fraction of sp³-hybridized carbons (Fsp3) is 0.278. The monoisotopic (exact) mass is 387 g/mol. The third-order valence-electron chi connectivity index (χ3n) is 4.76. The van der Waals surface area contributed by atoms with Crippen LogP contribution in [0.5, 0.6) is 0 Å². The Bertz CT molecular complexity index is 1090. The summed E-state index contributed by atoms with van der Waals surface area (Å²) in [6.45, 7) is 0.385. The topological polar surface area (TPSA) is 102 Å². The standard InChI is InChI=1S/C18H18FN5O2S/c19-12-4-6-13(7-5-12)27(25,26)24-10-2-1-3-16(24)15-9-8-14-17(20)21-11-22-18(14)23-15/h4-9,11,16H,1-3,10H2,(H2,20,21,22,23). The fourth-order valence-corrected chi connectivity index (χ4v) is 5.06. The predicted octanol–water partition coefficient (Wildman–Crippen LogP) is 2.66. The second-order valence-corrected chi connectivity index (χ2v) is 8.34. The van der Waals surface area contributed by atoms with E-state index in [9.17, 15) is 12.8 Å². The van der Waals surface area contributed by atoms with Gasteiger partial charge in [-0.25, -0.2) is 27.8 Å². The third kappa shape index (κ3) is 3.24. The zero-order valence-electron chi connectivity index (χ0n) is 14.4. The second kappa shape index (κ2) is 6.82. The molecule has 7 nitrogen and oxygen atoms in total. The Morgan fingerprint density at radius 1 is 1.07 bits per heavy atom. The number of halogens is 1. The van der Waals surface area contributed by atoms with Crippen molar-refractivity contribution in [1.82, 2.24) is 19.3 Å². The Morgan fingerprint density at radius 3 is 2.63 bits per heavy atom. The number of nitrogens with two attached hydrogens (primary N) is 1. The highest BCUT2D eigenvalue weighted by Gasteiger charge is 2.35. The van der Waals surface area contributed by atoms with Crippen LogP contribution >= 0.6 is 0 Å². The van der Waals surface area contributed by atoms with Crippen molar-refractivity contribution in [3.05, 3.63) is 54.2 Å². The van der Waals surface area contributed by atoms with Crippen LogP contribution < -0.4 is 5.73 Å². The summed E-state index contributed by atoms with van der Waals surface area (Å²) in [4.78, 5) is 12.7. The van der Waals surface area contributed by atoms with Crippen molar-refractivity contribution in [3.63, 3.8) is 0 Å².